The van der Waals surface area contributed by atoms with E-state index in [4.69, 9.17) is 0 Å². The Hall–Kier alpha value is -2.23. The molecule has 2 amide bonds. The van der Waals surface area contributed by atoms with Crippen LogP contribution in [0.2, 0.25) is 0 Å². The van der Waals surface area contributed by atoms with Gasteiger partial charge in [-0.25, -0.2) is 18.4 Å². The van der Waals surface area contributed by atoms with Crippen molar-refractivity contribution in [3.63, 3.8) is 0 Å². The Balaban J connectivity index is 1.91. The number of alkyl halides is 2. The predicted octanol–water partition coefficient (Wildman–Crippen LogP) is 1.90. The number of halogens is 2. The van der Waals surface area contributed by atoms with Gasteiger partial charge < -0.3 is 10.2 Å². The summed E-state index contributed by atoms with van der Waals surface area (Å²) in [5.41, 5.74) is -0.431. The van der Waals surface area contributed by atoms with Gasteiger partial charge in [-0.3, -0.25) is 13.9 Å². The Morgan fingerprint density at radius 1 is 1.30 bits per heavy atom. The van der Waals surface area contributed by atoms with Crippen molar-refractivity contribution in [3.8, 4) is 0 Å². The van der Waals surface area contributed by atoms with Gasteiger partial charge in [0, 0.05) is 24.0 Å². The van der Waals surface area contributed by atoms with Gasteiger partial charge in [0.1, 0.15) is 4.83 Å². The van der Waals surface area contributed by atoms with Crippen LogP contribution in [0, 0.1) is 12.8 Å². The largest absolute Gasteiger partial charge is 0.336 e. The minimum Gasteiger partial charge on any atom is -0.336 e. The minimum absolute atomic E-state index is 0.180. The number of nitrogens with zero attached hydrogens (tertiary/aromatic N) is 3. The van der Waals surface area contributed by atoms with Crippen molar-refractivity contribution >= 4 is 27.6 Å². The summed E-state index contributed by atoms with van der Waals surface area (Å²) in [4.78, 5) is 40.3. The van der Waals surface area contributed by atoms with Gasteiger partial charge in [0.25, 0.3) is 12.0 Å². The molecule has 146 valence electrons. The number of carbonyl (C=O) groups excluding carboxylic acids is 1. The molecule has 2 atom stereocenters. The number of amides is 2. The van der Waals surface area contributed by atoms with E-state index in [1.807, 2.05) is 6.92 Å². The number of aryl methyl sites for hydroxylation is 1. The van der Waals surface area contributed by atoms with Crippen LogP contribution in [0.4, 0.5) is 13.6 Å². The molecule has 2 unspecified atom stereocenters. The fraction of sp³-hybridized carbons (Fsp3) is 0.588. The lowest BCUT2D eigenvalue weighted by molar-refractivity contribution is 0.126. The molecule has 7 nitrogen and oxygen atoms in total. The molecule has 4 rings (SSSR count). The van der Waals surface area contributed by atoms with Crippen LogP contribution in [0.3, 0.4) is 0 Å². The van der Waals surface area contributed by atoms with E-state index in [-0.39, 0.29) is 22.8 Å². The minimum atomic E-state index is -2.70. The topological polar surface area (TPSA) is 76.3 Å². The molecule has 1 aliphatic carbocycles. The molecule has 0 aromatic carbocycles. The lowest BCUT2D eigenvalue weighted by Crippen LogP contribution is -2.40. The standard InChI is InChI=1S/C17H20F2N4O3S/c1-8-5-10(8)23-14(24)13-9(2)11(6-21-4-3-20-16(21)25)27-15(13)22(17(23)26)7-12(18)19/h8,10,12H,3-7H2,1-2H3,(H,20,25). The lowest BCUT2D eigenvalue weighted by Gasteiger charge is -2.12. The molecular weight excluding hydrogens is 378 g/mol. The quantitative estimate of drug-likeness (QED) is 0.836. The summed E-state index contributed by atoms with van der Waals surface area (Å²) >= 11 is 1.15. The zero-order valence-electron chi connectivity index (χ0n) is 15.0. The number of rotatable bonds is 5. The van der Waals surface area contributed by atoms with Crippen LogP contribution in [-0.4, -0.2) is 39.6 Å². The Bertz CT molecular complexity index is 1040. The second kappa shape index (κ2) is 6.43. The third-order valence-corrected chi connectivity index (χ3v) is 6.64. The first-order valence-electron chi connectivity index (χ1n) is 8.87. The van der Waals surface area contributed by atoms with E-state index in [0.717, 1.165) is 25.3 Å². The summed E-state index contributed by atoms with van der Waals surface area (Å²) in [6.07, 6.45) is -2.01. The second-order valence-electron chi connectivity index (χ2n) is 7.22. The van der Waals surface area contributed by atoms with Crippen molar-refractivity contribution in [2.24, 2.45) is 5.92 Å². The SMILES string of the molecule is Cc1c(CN2CCNC2=O)sc2c1c(=O)n(C1CC1C)c(=O)n2CC(F)F. The number of carbonyl (C=O) groups is 1. The maximum Gasteiger partial charge on any atom is 0.332 e. The Morgan fingerprint density at radius 3 is 2.56 bits per heavy atom. The third kappa shape index (κ3) is 2.95. The summed E-state index contributed by atoms with van der Waals surface area (Å²) in [5, 5.41) is 3.02. The van der Waals surface area contributed by atoms with Gasteiger partial charge >= 0.3 is 11.7 Å². The van der Waals surface area contributed by atoms with Crippen LogP contribution in [-0.2, 0) is 13.1 Å². The monoisotopic (exact) mass is 398 g/mol. The van der Waals surface area contributed by atoms with Crippen molar-refractivity contribution in [1.29, 1.82) is 0 Å². The van der Waals surface area contributed by atoms with E-state index in [1.54, 1.807) is 11.8 Å². The zero-order valence-corrected chi connectivity index (χ0v) is 15.8. The average Bonchev–Trinajstić information content (AvgIpc) is 3.01. The summed E-state index contributed by atoms with van der Waals surface area (Å²) < 4.78 is 28.4. The molecule has 1 aliphatic heterocycles. The highest BCUT2D eigenvalue weighted by Crippen LogP contribution is 2.41. The lowest BCUT2D eigenvalue weighted by atomic mass is 10.2. The Labute approximate surface area is 157 Å². The number of urea groups is 1. The van der Waals surface area contributed by atoms with Crippen molar-refractivity contribution in [1.82, 2.24) is 19.4 Å². The second-order valence-corrected chi connectivity index (χ2v) is 8.31. The molecule has 1 saturated carbocycles. The molecule has 0 bridgehead atoms. The number of fused-ring (bicyclic) bond motifs is 1. The van der Waals surface area contributed by atoms with Crippen LogP contribution in [0.1, 0.15) is 29.8 Å². The van der Waals surface area contributed by atoms with Crippen LogP contribution in [0.5, 0.6) is 0 Å². The molecule has 27 heavy (non-hydrogen) atoms. The molecule has 2 aromatic rings. The number of aromatic nitrogens is 2. The molecule has 0 spiro atoms. The summed E-state index contributed by atoms with van der Waals surface area (Å²) in [6, 6.07) is -0.425. The normalized spacial score (nSPS) is 22.1. The van der Waals surface area contributed by atoms with E-state index >= 15 is 0 Å². The van der Waals surface area contributed by atoms with Crippen LogP contribution >= 0.6 is 11.3 Å². The fourth-order valence-corrected chi connectivity index (χ4v) is 4.96. The first-order valence-corrected chi connectivity index (χ1v) is 9.69. The molecule has 2 aliphatic rings. The smallest absolute Gasteiger partial charge is 0.332 e. The maximum absolute atomic E-state index is 13.1. The van der Waals surface area contributed by atoms with E-state index in [9.17, 15) is 23.2 Å². The van der Waals surface area contributed by atoms with Crippen molar-refractivity contribution in [3.05, 3.63) is 31.3 Å². The van der Waals surface area contributed by atoms with Crippen LogP contribution in [0.25, 0.3) is 10.2 Å². The average molecular weight is 398 g/mol. The molecule has 3 heterocycles. The molecule has 1 saturated heterocycles. The van der Waals surface area contributed by atoms with Gasteiger partial charge in [-0.05, 0) is 24.8 Å². The van der Waals surface area contributed by atoms with E-state index in [1.165, 1.54) is 0 Å². The third-order valence-electron chi connectivity index (χ3n) is 5.34. The van der Waals surface area contributed by atoms with Gasteiger partial charge in [-0.15, -0.1) is 11.3 Å². The number of hydrogen-bond donors (Lipinski definition) is 1. The summed E-state index contributed by atoms with van der Waals surface area (Å²) in [5.74, 6) is 0.180. The summed E-state index contributed by atoms with van der Waals surface area (Å²) in [7, 11) is 0. The van der Waals surface area contributed by atoms with Crippen LogP contribution < -0.4 is 16.6 Å². The van der Waals surface area contributed by atoms with Gasteiger partial charge in [-0.1, -0.05) is 6.92 Å². The summed E-state index contributed by atoms with van der Waals surface area (Å²) in [6.45, 7) is 4.31. The van der Waals surface area contributed by atoms with E-state index in [2.05, 4.69) is 5.32 Å². The van der Waals surface area contributed by atoms with Crippen molar-refractivity contribution in [2.75, 3.05) is 13.1 Å². The Kier molecular flexibility index (Phi) is 4.32. The molecule has 1 N–H and O–H groups in total. The molecule has 0 radical (unpaired) electrons. The predicted molar refractivity (Wildman–Crippen MR) is 97.7 cm³/mol. The number of nitrogens with one attached hydrogen (secondary N) is 1. The molecule has 2 aromatic heterocycles. The highest BCUT2D eigenvalue weighted by Gasteiger charge is 2.38. The van der Waals surface area contributed by atoms with E-state index in [0.29, 0.717) is 37.0 Å². The number of thiophene rings is 1. The van der Waals surface area contributed by atoms with Gasteiger partial charge in [0.15, 0.2) is 0 Å². The van der Waals surface area contributed by atoms with Crippen LogP contribution in [0.15, 0.2) is 9.59 Å². The van der Waals surface area contributed by atoms with Gasteiger partial charge in [0.2, 0.25) is 0 Å². The number of hydrogen-bond acceptors (Lipinski definition) is 4. The first-order chi connectivity index (χ1) is 12.8. The molecule has 10 heteroatoms. The van der Waals surface area contributed by atoms with Gasteiger partial charge in [0.05, 0.1) is 18.5 Å². The molecular formula is C17H20F2N4O3S. The maximum atomic E-state index is 13.1. The highest BCUT2D eigenvalue weighted by molar-refractivity contribution is 7.18. The molecule has 2 fully saturated rings. The zero-order chi connectivity index (χ0) is 19.5. The first kappa shape index (κ1) is 18.1. The van der Waals surface area contributed by atoms with Gasteiger partial charge in [-0.2, -0.15) is 0 Å². The van der Waals surface area contributed by atoms with Crippen molar-refractivity contribution < 1.29 is 13.6 Å². The fourth-order valence-electron chi connectivity index (χ4n) is 3.65. The van der Waals surface area contributed by atoms with E-state index < -0.39 is 24.2 Å². The highest BCUT2D eigenvalue weighted by atomic mass is 32.1. The Morgan fingerprint density at radius 2 is 2.00 bits per heavy atom. The van der Waals surface area contributed by atoms with Crippen molar-refractivity contribution in [2.45, 2.75) is 45.8 Å².